The molecular weight excluding hydrogens is 280 g/mol. The fraction of sp³-hybridized carbons (Fsp3) is 0.562. The molecule has 0 saturated carbocycles. The second-order valence-corrected chi connectivity index (χ2v) is 6.24. The summed E-state index contributed by atoms with van der Waals surface area (Å²) in [6.07, 6.45) is 4.00. The molecule has 1 aliphatic rings. The number of aliphatic hydroxyl groups is 1. The molecule has 1 N–H and O–H groups in total. The zero-order valence-electron chi connectivity index (χ0n) is 13.1. The highest BCUT2D eigenvalue weighted by atomic mass is 16.5. The first-order valence-corrected chi connectivity index (χ1v) is 7.84. The van der Waals surface area contributed by atoms with Crippen LogP contribution in [0.3, 0.4) is 0 Å². The Kier molecular flexibility index (Phi) is 4.38. The molecular formula is C16H22N4O2. The van der Waals surface area contributed by atoms with Crippen molar-refractivity contribution in [3.63, 3.8) is 0 Å². The second kappa shape index (κ2) is 6.44. The highest BCUT2D eigenvalue weighted by Crippen LogP contribution is 2.22. The monoisotopic (exact) mass is 302 g/mol. The van der Waals surface area contributed by atoms with Crippen LogP contribution >= 0.6 is 0 Å². The van der Waals surface area contributed by atoms with Crippen molar-refractivity contribution in [3.8, 4) is 11.5 Å². The topological polar surface area (TPSA) is 75.3 Å². The van der Waals surface area contributed by atoms with Gasteiger partial charge in [0.2, 0.25) is 0 Å². The molecule has 0 radical (unpaired) electrons. The Balaban J connectivity index is 1.70. The van der Waals surface area contributed by atoms with Gasteiger partial charge in [-0.05, 0) is 30.9 Å². The molecule has 1 saturated heterocycles. The molecule has 1 aliphatic heterocycles. The smallest absolute Gasteiger partial charge is 0.259 e. The summed E-state index contributed by atoms with van der Waals surface area (Å²) in [6.45, 7) is 5.93. The minimum Gasteiger partial charge on any atom is -0.393 e. The Morgan fingerprint density at radius 2 is 2.09 bits per heavy atom. The van der Waals surface area contributed by atoms with Gasteiger partial charge in [0.25, 0.3) is 5.89 Å². The van der Waals surface area contributed by atoms with Crippen molar-refractivity contribution in [2.45, 2.75) is 39.2 Å². The van der Waals surface area contributed by atoms with E-state index in [2.05, 4.69) is 33.9 Å². The molecule has 3 rings (SSSR count). The molecule has 0 aromatic carbocycles. The van der Waals surface area contributed by atoms with Crippen LogP contribution < -0.4 is 4.90 Å². The van der Waals surface area contributed by atoms with Crippen molar-refractivity contribution in [1.82, 2.24) is 15.1 Å². The largest absolute Gasteiger partial charge is 0.393 e. The number of aromatic nitrogens is 3. The van der Waals surface area contributed by atoms with Crippen LogP contribution in [0.15, 0.2) is 22.9 Å². The molecule has 3 heterocycles. The quantitative estimate of drug-likeness (QED) is 0.934. The number of pyridine rings is 1. The van der Waals surface area contributed by atoms with Crippen LogP contribution in [-0.2, 0) is 6.42 Å². The summed E-state index contributed by atoms with van der Waals surface area (Å²) in [5.74, 6) is 2.68. The Morgan fingerprint density at radius 3 is 2.73 bits per heavy atom. The molecule has 2 aromatic heterocycles. The van der Waals surface area contributed by atoms with E-state index < -0.39 is 0 Å². The third-order valence-electron chi connectivity index (χ3n) is 3.84. The third-order valence-corrected chi connectivity index (χ3v) is 3.84. The van der Waals surface area contributed by atoms with Crippen molar-refractivity contribution in [2.24, 2.45) is 5.92 Å². The lowest BCUT2D eigenvalue weighted by Crippen LogP contribution is -2.36. The normalized spacial score (nSPS) is 16.5. The number of piperidine rings is 1. The van der Waals surface area contributed by atoms with Gasteiger partial charge in [-0.3, -0.25) is 0 Å². The van der Waals surface area contributed by atoms with Crippen LogP contribution in [0.25, 0.3) is 11.5 Å². The van der Waals surface area contributed by atoms with Crippen molar-refractivity contribution in [2.75, 3.05) is 18.0 Å². The van der Waals surface area contributed by atoms with Gasteiger partial charge in [0.1, 0.15) is 5.82 Å². The number of aliphatic hydroxyl groups excluding tert-OH is 1. The first-order chi connectivity index (χ1) is 10.6. The second-order valence-electron chi connectivity index (χ2n) is 6.24. The zero-order chi connectivity index (χ0) is 15.5. The molecule has 0 spiro atoms. The number of anilines is 1. The standard InChI is InChI=1S/C16H22N4O2/c1-11(2)9-14-18-16(22-19-14)12-3-4-15(17-10-12)20-7-5-13(21)6-8-20/h3-4,10-11,13,21H,5-9H2,1-2H3. The lowest BCUT2D eigenvalue weighted by atomic mass is 10.1. The number of rotatable bonds is 4. The van der Waals surface area contributed by atoms with Crippen LogP contribution in [0.2, 0.25) is 0 Å². The molecule has 22 heavy (non-hydrogen) atoms. The first-order valence-electron chi connectivity index (χ1n) is 7.84. The van der Waals surface area contributed by atoms with Gasteiger partial charge in [0.05, 0.1) is 11.7 Å². The minimum atomic E-state index is -0.173. The first kappa shape index (κ1) is 15.0. The summed E-state index contributed by atoms with van der Waals surface area (Å²) in [5.41, 5.74) is 0.836. The van der Waals surface area contributed by atoms with Gasteiger partial charge in [-0.2, -0.15) is 4.98 Å². The zero-order valence-corrected chi connectivity index (χ0v) is 13.1. The molecule has 1 fully saturated rings. The minimum absolute atomic E-state index is 0.173. The van der Waals surface area contributed by atoms with Gasteiger partial charge < -0.3 is 14.5 Å². The lowest BCUT2D eigenvalue weighted by molar-refractivity contribution is 0.145. The van der Waals surface area contributed by atoms with E-state index >= 15 is 0 Å². The van der Waals surface area contributed by atoms with Gasteiger partial charge in [0.15, 0.2) is 5.82 Å². The van der Waals surface area contributed by atoms with Crippen LogP contribution in [0, 0.1) is 5.92 Å². The molecule has 0 amide bonds. The van der Waals surface area contributed by atoms with E-state index in [9.17, 15) is 5.11 Å². The van der Waals surface area contributed by atoms with Crippen LogP contribution in [-0.4, -0.2) is 39.4 Å². The average molecular weight is 302 g/mol. The maximum atomic E-state index is 9.56. The van der Waals surface area contributed by atoms with E-state index in [1.165, 1.54) is 0 Å². The summed E-state index contributed by atoms with van der Waals surface area (Å²) in [7, 11) is 0. The molecule has 0 unspecified atom stereocenters. The fourth-order valence-electron chi connectivity index (χ4n) is 2.61. The molecule has 0 atom stereocenters. The molecule has 2 aromatic rings. The van der Waals surface area contributed by atoms with Crippen molar-refractivity contribution in [1.29, 1.82) is 0 Å². The molecule has 6 heteroatoms. The van der Waals surface area contributed by atoms with Gasteiger partial charge >= 0.3 is 0 Å². The molecule has 0 bridgehead atoms. The lowest BCUT2D eigenvalue weighted by Gasteiger charge is -2.30. The summed E-state index contributed by atoms with van der Waals surface area (Å²) >= 11 is 0. The van der Waals surface area contributed by atoms with Crippen molar-refractivity contribution >= 4 is 5.82 Å². The Hall–Kier alpha value is -1.95. The fourth-order valence-corrected chi connectivity index (χ4v) is 2.61. The summed E-state index contributed by atoms with van der Waals surface area (Å²) in [5, 5.41) is 13.6. The van der Waals surface area contributed by atoms with E-state index in [4.69, 9.17) is 4.52 Å². The number of hydrogen-bond acceptors (Lipinski definition) is 6. The third kappa shape index (κ3) is 3.44. The van der Waals surface area contributed by atoms with E-state index in [-0.39, 0.29) is 6.10 Å². The van der Waals surface area contributed by atoms with Gasteiger partial charge in [-0.1, -0.05) is 19.0 Å². The molecule has 6 nitrogen and oxygen atoms in total. The number of nitrogens with zero attached hydrogens (tertiary/aromatic N) is 4. The van der Waals surface area contributed by atoms with Crippen molar-refractivity contribution < 1.29 is 9.63 Å². The Labute approximate surface area is 130 Å². The average Bonchev–Trinajstić information content (AvgIpc) is 2.96. The van der Waals surface area contributed by atoms with Crippen LogP contribution in [0.4, 0.5) is 5.82 Å². The SMILES string of the molecule is CC(C)Cc1noc(-c2ccc(N3CCC(O)CC3)nc2)n1. The molecule has 0 aliphatic carbocycles. The Morgan fingerprint density at radius 1 is 1.32 bits per heavy atom. The van der Waals surface area contributed by atoms with Crippen molar-refractivity contribution in [3.05, 3.63) is 24.2 Å². The highest BCUT2D eigenvalue weighted by Gasteiger charge is 2.18. The van der Waals surface area contributed by atoms with E-state index in [1.54, 1.807) is 6.20 Å². The van der Waals surface area contributed by atoms with Gasteiger partial charge in [-0.15, -0.1) is 0 Å². The van der Waals surface area contributed by atoms with E-state index in [0.717, 1.165) is 49.6 Å². The maximum Gasteiger partial charge on any atom is 0.259 e. The van der Waals surface area contributed by atoms with Crippen LogP contribution in [0.1, 0.15) is 32.5 Å². The summed E-state index contributed by atoms with van der Waals surface area (Å²) in [6, 6.07) is 3.93. The predicted molar refractivity (Wildman–Crippen MR) is 83.5 cm³/mol. The molecule has 118 valence electrons. The highest BCUT2D eigenvalue weighted by molar-refractivity contribution is 5.54. The van der Waals surface area contributed by atoms with E-state index in [0.29, 0.717) is 11.8 Å². The predicted octanol–water partition coefficient (Wildman–Crippen LogP) is 2.29. The Bertz CT molecular complexity index is 601. The van der Waals surface area contributed by atoms with E-state index in [1.807, 2.05) is 12.1 Å². The van der Waals surface area contributed by atoms with Gasteiger partial charge in [0, 0.05) is 25.7 Å². The van der Waals surface area contributed by atoms with Gasteiger partial charge in [-0.25, -0.2) is 4.98 Å². The van der Waals surface area contributed by atoms with Crippen LogP contribution in [0.5, 0.6) is 0 Å². The summed E-state index contributed by atoms with van der Waals surface area (Å²) in [4.78, 5) is 11.1. The summed E-state index contributed by atoms with van der Waals surface area (Å²) < 4.78 is 5.30. The maximum absolute atomic E-state index is 9.56. The number of hydrogen-bond donors (Lipinski definition) is 1.